The molecule has 2 aliphatic rings. The lowest BCUT2D eigenvalue weighted by Gasteiger charge is -2.26. The number of nitrogens with zero attached hydrogens (tertiary/aromatic N) is 1. The minimum absolute atomic E-state index is 0.247. The fraction of sp³-hybridized carbons (Fsp3) is 0.600. The molecule has 2 heteroatoms. The van der Waals surface area contributed by atoms with Crippen LogP contribution in [0, 0.1) is 6.92 Å². The van der Waals surface area contributed by atoms with Crippen molar-refractivity contribution in [2.75, 3.05) is 0 Å². The maximum absolute atomic E-state index is 5.80. The maximum Gasteiger partial charge on any atom is 0.0876 e. The number of hydrogen-bond acceptors (Lipinski definition) is 1. The van der Waals surface area contributed by atoms with Crippen LogP contribution in [0.5, 0.6) is 0 Å². The van der Waals surface area contributed by atoms with Gasteiger partial charge < -0.3 is 9.30 Å². The highest BCUT2D eigenvalue weighted by Crippen LogP contribution is 2.44. The zero-order chi connectivity index (χ0) is 8.18. The molecule has 0 aromatic carbocycles. The molecule has 2 heterocycles. The molecule has 2 nitrogen and oxygen atoms in total. The van der Waals surface area contributed by atoms with E-state index in [0.717, 1.165) is 13.2 Å². The van der Waals surface area contributed by atoms with Crippen molar-refractivity contribution < 1.29 is 4.74 Å². The molecule has 0 N–H and O–H groups in total. The summed E-state index contributed by atoms with van der Waals surface area (Å²) >= 11 is 0. The molecule has 1 aliphatic carbocycles. The number of rotatable bonds is 0. The Morgan fingerprint density at radius 2 is 2.25 bits per heavy atom. The van der Waals surface area contributed by atoms with E-state index in [1.807, 2.05) is 0 Å². The topological polar surface area (TPSA) is 14.2 Å². The second-order valence-corrected chi connectivity index (χ2v) is 4.02. The van der Waals surface area contributed by atoms with Gasteiger partial charge in [0.2, 0.25) is 0 Å². The summed E-state index contributed by atoms with van der Waals surface area (Å²) in [6.45, 7) is 4.07. The van der Waals surface area contributed by atoms with Crippen LogP contribution in [0.4, 0.5) is 0 Å². The van der Waals surface area contributed by atoms with Gasteiger partial charge in [0.15, 0.2) is 0 Å². The molecule has 12 heavy (non-hydrogen) atoms. The molecular weight excluding hydrogens is 150 g/mol. The summed E-state index contributed by atoms with van der Waals surface area (Å²) in [5.74, 6) is 0. The summed E-state index contributed by atoms with van der Waals surface area (Å²) in [6, 6.07) is 4.35. The Morgan fingerprint density at radius 1 is 1.42 bits per heavy atom. The monoisotopic (exact) mass is 163 g/mol. The van der Waals surface area contributed by atoms with E-state index >= 15 is 0 Å². The molecule has 1 saturated carbocycles. The van der Waals surface area contributed by atoms with Gasteiger partial charge in [-0.2, -0.15) is 0 Å². The lowest BCUT2D eigenvalue weighted by Crippen LogP contribution is -2.28. The number of aryl methyl sites for hydroxylation is 1. The summed E-state index contributed by atoms with van der Waals surface area (Å²) in [6.07, 6.45) is 2.51. The number of ether oxygens (including phenoxy) is 1. The van der Waals surface area contributed by atoms with Crippen LogP contribution >= 0.6 is 0 Å². The molecule has 1 aromatic rings. The molecule has 1 spiro atoms. The average molecular weight is 163 g/mol. The fourth-order valence-electron chi connectivity index (χ4n) is 1.98. The highest BCUT2D eigenvalue weighted by molar-refractivity contribution is 5.18. The van der Waals surface area contributed by atoms with Gasteiger partial charge in [0, 0.05) is 11.4 Å². The Morgan fingerprint density at radius 3 is 3.00 bits per heavy atom. The summed E-state index contributed by atoms with van der Waals surface area (Å²) < 4.78 is 8.19. The van der Waals surface area contributed by atoms with Gasteiger partial charge in [-0.25, -0.2) is 0 Å². The molecule has 0 amide bonds. The van der Waals surface area contributed by atoms with Crippen LogP contribution in [-0.4, -0.2) is 10.2 Å². The number of aromatic nitrogens is 1. The van der Waals surface area contributed by atoms with Crippen LogP contribution < -0.4 is 0 Å². The van der Waals surface area contributed by atoms with Crippen LogP contribution in [0.15, 0.2) is 12.1 Å². The molecule has 0 atom stereocenters. The molecule has 1 aromatic heterocycles. The Hall–Kier alpha value is -0.760. The normalized spacial score (nSPS) is 24.1. The van der Waals surface area contributed by atoms with Crippen LogP contribution in [0.25, 0.3) is 0 Å². The molecule has 1 fully saturated rings. The molecule has 0 bridgehead atoms. The Bertz CT molecular complexity index is 323. The fourth-order valence-corrected chi connectivity index (χ4v) is 1.98. The van der Waals surface area contributed by atoms with Crippen molar-refractivity contribution in [3.05, 3.63) is 23.5 Å². The van der Waals surface area contributed by atoms with Crippen molar-refractivity contribution in [2.45, 2.75) is 38.5 Å². The van der Waals surface area contributed by atoms with E-state index in [2.05, 4.69) is 23.6 Å². The smallest absolute Gasteiger partial charge is 0.0876 e. The van der Waals surface area contributed by atoms with E-state index < -0.39 is 0 Å². The van der Waals surface area contributed by atoms with Gasteiger partial charge in [-0.3, -0.25) is 0 Å². The van der Waals surface area contributed by atoms with Gasteiger partial charge in [-0.1, -0.05) is 0 Å². The average Bonchev–Trinajstić information content (AvgIpc) is 2.73. The summed E-state index contributed by atoms with van der Waals surface area (Å²) in [7, 11) is 0. The first-order valence-corrected chi connectivity index (χ1v) is 4.58. The minimum Gasteiger partial charge on any atom is -0.367 e. The highest BCUT2D eigenvalue weighted by atomic mass is 16.5. The molecular formula is C10H13NO. The third-order valence-corrected chi connectivity index (χ3v) is 3.07. The van der Waals surface area contributed by atoms with Crippen LogP contribution in [-0.2, 0) is 17.9 Å². The molecule has 0 radical (unpaired) electrons. The van der Waals surface area contributed by atoms with Gasteiger partial charge in [-0.05, 0) is 31.9 Å². The van der Waals surface area contributed by atoms with Crippen molar-refractivity contribution in [1.29, 1.82) is 0 Å². The lowest BCUT2D eigenvalue weighted by molar-refractivity contribution is -0.0163. The van der Waals surface area contributed by atoms with Gasteiger partial charge in [0.1, 0.15) is 0 Å². The van der Waals surface area contributed by atoms with Crippen molar-refractivity contribution >= 4 is 0 Å². The largest absolute Gasteiger partial charge is 0.367 e. The first-order chi connectivity index (χ1) is 5.79. The van der Waals surface area contributed by atoms with Crippen molar-refractivity contribution in [1.82, 2.24) is 4.57 Å². The van der Waals surface area contributed by atoms with Gasteiger partial charge >= 0.3 is 0 Å². The zero-order valence-electron chi connectivity index (χ0n) is 7.34. The molecule has 64 valence electrons. The summed E-state index contributed by atoms with van der Waals surface area (Å²) in [4.78, 5) is 0. The van der Waals surface area contributed by atoms with Crippen molar-refractivity contribution in [3.63, 3.8) is 0 Å². The first kappa shape index (κ1) is 6.72. The van der Waals surface area contributed by atoms with Crippen molar-refractivity contribution in [2.24, 2.45) is 0 Å². The molecule has 0 unspecified atom stereocenters. The van der Waals surface area contributed by atoms with E-state index in [4.69, 9.17) is 4.74 Å². The Balaban J connectivity index is 2.04. The van der Waals surface area contributed by atoms with Crippen LogP contribution in [0.2, 0.25) is 0 Å². The number of fused-ring (bicyclic) bond motifs is 1. The van der Waals surface area contributed by atoms with Gasteiger partial charge in [0.05, 0.1) is 18.8 Å². The zero-order valence-corrected chi connectivity index (χ0v) is 7.34. The molecule has 3 rings (SSSR count). The second kappa shape index (κ2) is 1.94. The first-order valence-electron chi connectivity index (χ1n) is 4.58. The minimum atomic E-state index is 0.247. The second-order valence-electron chi connectivity index (χ2n) is 4.02. The predicted octanol–water partition coefficient (Wildman–Crippen LogP) is 1.86. The Kier molecular flexibility index (Phi) is 1.09. The van der Waals surface area contributed by atoms with E-state index in [1.54, 1.807) is 0 Å². The van der Waals surface area contributed by atoms with Gasteiger partial charge in [0.25, 0.3) is 0 Å². The van der Waals surface area contributed by atoms with E-state index in [-0.39, 0.29) is 5.60 Å². The van der Waals surface area contributed by atoms with Crippen LogP contribution in [0.1, 0.15) is 24.2 Å². The molecule has 1 aliphatic heterocycles. The third-order valence-electron chi connectivity index (χ3n) is 3.07. The molecule has 0 saturated heterocycles. The van der Waals surface area contributed by atoms with Crippen molar-refractivity contribution in [3.8, 4) is 0 Å². The predicted molar refractivity (Wildman–Crippen MR) is 45.9 cm³/mol. The maximum atomic E-state index is 5.80. The van der Waals surface area contributed by atoms with E-state index in [0.29, 0.717) is 0 Å². The highest BCUT2D eigenvalue weighted by Gasteiger charge is 2.46. The number of hydrogen-bond donors (Lipinski definition) is 0. The summed E-state index contributed by atoms with van der Waals surface area (Å²) in [5.41, 5.74) is 2.96. The standard InChI is InChI=1S/C10H13NO/c1-8-2-3-9-6-12-10(4-5-10)7-11(8)9/h2-3H,4-7H2,1H3. The summed E-state index contributed by atoms with van der Waals surface area (Å²) in [5, 5.41) is 0. The quantitative estimate of drug-likeness (QED) is 0.569. The SMILES string of the molecule is Cc1ccc2n1CC1(CC1)OC2. The van der Waals surface area contributed by atoms with E-state index in [9.17, 15) is 0 Å². The Labute approximate surface area is 72.1 Å². The van der Waals surface area contributed by atoms with Gasteiger partial charge in [-0.15, -0.1) is 0 Å². The van der Waals surface area contributed by atoms with Crippen LogP contribution in [0.3, 0.4) is 0 Å². The van der Waals surface area contributed by atoms with E-state index in [1.165, 1.54) is 24.2 Å². The third kappa shape index (κ3) is 0.787. The lowest BCUT2D eigenvalue weighted by atomic mass is 10.2.